The van der Waals surface area contributed by atoms with E-state index in [4.69, 9.17) is 22.1 Å². The van der Waals surface area contributed by atoms with E-state index in [-0.39, 0.29) is 12.8 Å². The van der Waals surface area contributed by atoms with Gasteiger partial charge in [-0.25, -0.2) is 4.79 Å². The van der Waals surface area contributed by atoms with Crippen molar-refractivity contribution in [3.8, 4) is 0 Å². The van der Waals surface area contributed by atoms with Crippen LogP contribution in [0.15, 0.2) is 36.4 Å². The molecule has 0 saturated heterocycles. The van der Waals surface area contributed by atoms with Gasteiger partial charge in [0.25, 0.3) is 5.91 Å². The molecule has 2 atom stereocenters. The van der Waals surface area contributed by atoms with Crippen molar-refractivity contribution in [2.24, 2.45) is 5.73 Å². The Bertz CT molecular complexity index is 1230. The molecule has 0 aromatic heterocycles. The Morgan fingerprint density at radius 2 is 1.60 bits per heavy atom. The van der Waals surface area contributed by atoms with Gasteiger partial charge < -0.3 is 26.0 Å². The Labute approximate surface area is 241 Å². The molecule has 9 nitrogen and oxygen atoms in total. The molecule has 0 aliphatic heterocycles. The monoisotopic (exact) mass is 572 g/mol. The van der Waals surface area contributed by atoms with E-state index in [9.17, 15) is 19.2 Å². The standard InChI is InChI=1S/C30H41ClN4O5/c1-17(2)35(28(38)23(15-16-24(32)36)33-29(39)40-30(6,7)8)26(21-13-9-11-18(3)20(21)5)27(37)34-25-19(4)12-10-14-22(25)31/h9-14,17,23,26H,15-16H2,1-8H3,(H2,32,36)(H,33,39)(H,34,37). The minimum Gasteiger partial charge on any atom is -0.444 e. The highest BCUT2D eigenvalue weighted by atomic mass is 35.5. The molecule has 40 heavy (non-hydrogen) atoms. The SMILES string of the molecule is Cc1cccc(C(C(=O)Nc2c(C)cccc2Cl)N(C(=O)C(CCC(N)=O)NC(=O)OC(C)(C)C)C(C)C)c1C. The first-order chi connectivity index (χ1) is 18.5. The quantitative estimate of drug-likeness (QED) is 0.353. The summed E-state index contributed by atoms with van der Waals surface area (Å²) < 4.78 is 5.37. The van der Waals surface area contributed by atoms with E-state index in [0.717, 1.165) is 16.7 Å². The van der Waals surface area contributed by atoms with Crippen LogP contribution in [0.1, 0.15) is 75.8 Å². The zero-order chi connectivity index (χ0) is 30.4. The fourth-order valence-electron chi connectivity index (χ4n) is 4.32. The van der Waals surface area contributed by atoms with Gasteiger partial charge in [0.05, 0.1) is 10.7 Å². The number of halogens is 1. The molecule has 2 aromatic carbocycles. The summed E-state index contributed by atoms with van der Waals surface area (Å²) in [4.78, 5) is 54.0. The first-order valence-electron chi connectivity index (χ1n) is 13.3. The van der Waals surface area contributed by atoms with Gasteiger partial charge in [0.2, 0.25) is 11.8 Å². The summed E-state index contributed by atoms with van der Waals surface area (Å²) in [7, 11) is 0. The van der Waals surface area contributed by atoms with Gasteiger partial charge in [0, 0.05) is 12.5 Å². The molecule has 0 aliphatic rings. The Balaban J connectivity index is 2.63. The van der Waals surface area contributed by atoms with Crippen molar-refractivity contribution < 1.29 is 23.9 Å². The third-order valence-corrected chi connectivity index (χ3v) is 6.73. The zero-order valence-electron chi connectivity index (χ0n) is 24.6. The molecule has 0 radical (unpaired) electrons. The molecular formula is C30H41ClN4O5. The molecule has 10 heteroatoms. The third-order valence-electron chi connectivity index (χ3n) is 6.42. The summed E-state index contributed by atoms with van der Waals surface area (Å²) in [6, 6.07) is 8.09. The van der Waals surface area contributed by atoms with Gasteiger partial charge in [-0.2, -0.15) is 0 Å². The van der Waals surface area contributed by atoms with Gasteiger partial charge in [-0.1, -0.05) is 41.9 Å². The van der Waals surface area contributed by atoms with Crippen LogP contribution >= 0.6 is 11.6 Å². The summed E-state index contributed by atoms with van der Waals surface area (Å²) in [5.74, 6) is -1.66. The fourth-order valence-corrected chi connectivity index (χ4v) is 4.59. The number of rotatable bonds is 10. The van der Waals surface area contributed by atoms with E-state index < -0.39 is 47.5 Å². The number of alkyl carbamates (subject to hydrolysis) is 1. The Kier molecular flexibility index (Phi) is 11.1. The van der Waals surface area contributed by atoms with Gasteiger partial charge in [-0.15, -0.1) is 0 Å². The highest BCUT2D eigenvalue weighted by Crippen LogP contribution is 2.32. The minimum atomic E-state index is -1.17. The summed E-state index contributed by atoms with van der Waals surface area (Å²) in [6.45, 7) is 14.3. The number of ether oxygens (including phenoxy) is 1. The van der Waals surface area contributed by atoms with Gasteiger partial charge in [0.15, 0.2) is 0 Å². The number of benzene rings is 2. The maximum absolute atomic E-state index is 14.2. The van der Waals surface area contributed by atoms with Crippen LogP contribution < -0.4 is 16.4 Å². The van der Waals surface area contributed by atoms with Crippen LogP contribution in [0.2, 0.25) is 5.02 Å². The van der Waals surface area contributed by atoms with Gasteiger partial charge in [-0.05, 0) is 90.1 Å². The molecule has 2 aromatic rings. The molecular weight excluding hydrogens is 532 g/mol. The average Bonchev–Trinajstić information content (AvgIpc) is 2.82. The number of nitrogens with two attached hydrogens (primary N) is 1. The molecule has 0 spiro atoms. The number of carbonyl (C=O) groups excluding carboxylic acids is 4. The highest BCUT2D eigenvalue weighted by Gasteiger charge is 2.39. The van der Waals surface area contributed by atoms with Crippen LogP contribution in [-0.2, 0) is 19.1 Å². The lowest BCUT2D eigenvalue weighted by atomic mass is 9.93. The molecule has 0 bridgehead atoms. The van der Waals surface area contributed by atoms with Crippen molar-refractivity contribution >= 4 is 41.1 Å². The molecule has 4 amide bonds. The van der Waals surface area contributed by atoms with Crippen molar-refractivity contribution in [1.29, 1.82) is 0 Å². The summed E-state index contributed by atoms with van der Waals surface area (Å²) >= 11 is 6.42. The fraction of sp³-hybridized carbons (Fsp3) is 0.467. The maximum atomic E-state index is 14.2. The number of anilines is 1. The number of aryl methyl sites for hydroxylation is 2. The number of para-hydroxylation sites is 1. The van der Waals surface area contributed by atoms with Crippen molar-refractivity contribution in [2.75, 3.05) is 5.32 Å². The van der Waals surface area contributed by atoms with Crippen LogP contribution in [0.25, 0.3) is 0 Å². The lowest BCUT2D eigenvalue weighted by molar-refractivity contribution is -0.143. The second kappa shape index (κ2) is 13.7. The predicted molar refractivity (Wildman–Crippen MR) is 157 cm³/mol. The smallest absolute Gasteiger partial charge is 0.408 e. The largest absolute Gasteiger partial charge is 0.444 e. The normalized spacial score (nSPS) is 12.8. The number of hydrogen-bond donors (Lipinski definition) is 3. The molecule has 0 saturated carbocycles. The Morgan fingerprint density at radius 1 is 1.00 bits per heavy atom. The molecule has 0 fully saturated rings. The second-order valence-corrected chi connectivity index (χ2v) is 11.6. The number of hydrogen-bond acceptors (Lipinski definition) is 5. The first-order valence-corrected chi connectivity index (χ1v) is 13.6. The van der Waals surface area contributed by atoms with Crippen molar-refractivity contribution in [3.63, 3.8) is 0 Å². The van der Waals surface area contributed by atoms with Crippen LogP contribution in [-0.4, -0.2) is 46.4 Å². The number of primary amides is 1. The zero-order valence-corrected chi connectivity index (χ0v) is 25.3. The first kappa shape index (κ1) is 32.6. The number of amides is 4. The van der Waals surface area contributed by atoms with Gasteiger partial charge >= 0.3 is 6.09 Å². The predicted octanol–water partition coefficient (Wildman–Crippen LogP) is 5.34. The summed E-state index contributed by atoms with van der Waals surface area (Å²) in [5, 5.41) is 5.88. The van der Waals surface area contributed by atoms with E-state index in [1.807, 2.05) is 39.0 Å². The average molecular weight is 573 g/mol. The lowest BCUT2D eigenvalue weighted by Gasteiger charge is -2.38. The summed E-state index contributed by atoms with van der Waals surface area (Å²) in [6.07, 6.45) is -1.04. The summed E-state index contributed by atoms with van der Waals surface area (Å²) in [5.41, 5.74) is 8.16. The minimum absolute atomic E-state index is 0.0681. The van der Waals surface area contributed by atoms with E-state index in [1.165, 1.54) is 4.90 Å². The highest BCUT2D eigenvalue weighted by molar-refractivity contribution is 6.34. The Hall–Kier alpha value is -3.59. The Morgan fingerprint density at radius 3 is 2.15 bits per heavy atom. The molecule has 2 unspecified atom stereocenters. The maximum Gasteiger partial charge on any atom is 0.408 e. The number of nitrogens with one attached hydrogen (secondary N) is 2. The van der Waals surface area contributed by atoms with E-state index in [1.54, 1.807) is 52.8 Å². The van der Waals surface area contributed by atoms with Crippen molar-refractivity contribution in [2.45, 2.75) is 92.0 Å². The molecule has 4 N–H and O–H groups in total. The number of carbonyl (C=O) groups is 4. The van der Waals surface area contributed by atoms with Crippen LogP contribution in [0, 0.1) is 20.8 Å². The van der Waals surface area contributed by atoms with Crippen LogP contribution in [0.3, 0.4) is 0 Å². The van der Waals surface area contributed by atoms with Crippen molar-refractivity contribution in [1.82, 2.24) is 10.2 Å². The molecule has 218 valence electrons. The lowest BCUT2D eigenvalue weighted by Crippen LogP contribution is -2.54. The van der Waals surface area contributed by atoms with Gasteiger partial charge in [-0.3, -0.25) is 14.4 Å². The topological polar surface area (TPSA) is 131 Å². The number of nitrogens with zero attached hydrogens (tertiary/aromatic N) is 1. The van der Waals surface area contributed by atoms with E-state index in [2.05, 4.69) is 10.6 Å². The molecule has 0 heterocycles. The van der Waals surface area contributed by atoms with Crippen molar-refractivity contribution in [3.05, 3.63) is 63.7 Å². The molecule has 2 rings (SSSR count). The van der Waals surface area contributed by atoms with E-state index >= 15 is 0 Å². The van der Waals surface area contributed by atoms with Crippen LogP contribution in [0.4, 0.5) is 10.5 Å². The van der Waals surface area contributed by atoms with Crippen LogP contribution in [0.5, 0.6) is 0 Å². The third kappa shape index (κ3) is 8.71. The second-order valence-electron chi connectivity index (χ2n) is 11.2. The van der Waals surface area contributed by atoms with Gasteiger partial charge in [0.1, 0.15) is 17.7 Å². The molecule has 0 aliphatic carbocycles. The van der Waals surface area contributed by atoms with E-state index in [0.29, 0.717) is 16.3 Å².